The first-order valence-electron chi connectivity index (χ1n) is 6.87. The molecule has 0 radical (unpaired) electrons. The fraction of sp³-hybridized carbons (Fsp3) is 0.333. The second-order valence-corrected chi connectivity index (χ2v) is 5.22. The SMILES string of the molecule is COc1cc2oc(=O)c3c(c2c2[nH]c(=O)oc12)CCCC3. The number of rotatable bonds is 1. The number of aryl methyl sites for hydroxylation is 1. The predicted molar refractivity (Wildman–Crippen MR) is 76.1 cm³/mol. The van der Waals surface area contributed by atoms with Gasteiger partial charge in [0.15, 0.2) is 11.3 Å². The second-order valence-electron chi connectivity index (χ2n) is 5.22. The molecule has 6 heteroatoms. The predicted octanol–water partition coefficient (Wildman–Crippen LogP) is 2.11. The van der Waals surface area contributed by atoms with Crippen LogP contribution in [0.5, 0.6) is 5.75 Å². The zero-order valence-electron chi connectivity index (χ0n) is 11.4. The average Bonchev–Trinajstić information content (AvgIpc) is 2.87. The maximum atomic E-state index is 12.1. The zero-order valence-corrected chi connectivity index (χ0v) is 11.4. The van der Waals surface area contributed by atoms with Crippen molar-refractivity contribution in [1.82, 2.24) is 4.98 Å². The fourth-order valence-electron chi connectivity index (χ4n) is 3.16. The van der Waals surface area contributed by atoms with Crippen molar-refractivity contribution in [1.29, 1.82) is 0 Å². The van der Waals surface area contributed by atoms with Gasteiger partial charge in [-0.15, -0.1) is 0 Å². The van der Waals surface area contributed by atoms with Gasteiger partial charge in [0.05, 0.1) is 7.11 Å². The van der Waals surface area contributed by atoms with Crippen LogP contribution in [0.4, 0.5) is 0 Å². The van der Waals surface area contributed by atoms with Crippen LogP contribution in [0.1, 0.15) is 24.0 Å². The molecule has 1 aliphatic rings. The average molecular weight is 287 g/mol. The molecule has 0 amide bonds. The number of hydrogen-bond donors (Lipinski definition) is 1. The summed E-state index contributed by atoms with van der Waals surface area (Å²) in [6.45, 7) is 0. The number of H-pyrrole nitrogens is 1. The normalized spacial score (nSPS) is 14.5. The molecule has 0 unspecified atom stereocenters. The Morgan fingerprint density at radius 3 is 2.67 bits per heavy atom. The number of oxazole rings is 1. The molecule has 3 aromatic rings. The highest BCUT2D eigenvalue weighted by Crippen LogP contribution is 2.35. The molecule has 0 fully saturated rings. The van der Waals surface area contributed by atoms with E-state index in [0.29, 0.717) is 34.4 Å². The van der Waals surface area contributed by atoms with E-state index >= 15 is 0 Å². The lowest BCUT2D eigenvalue weighted by Gasteiger charge is -2.16. The Labute approximate surface area is 118 Å². The van der Waals surface area contributed by atoms with Gasteiger partial charge in [-0.2, -0.15) is 0 Å². The lowest BCUT2D eigenvalue weighted by molar-refractivity contribution is 0.407. The van der Waals surface area contributed by atoms with Gasteiger partial charge in [0.2, 0.25) is 0 Å². The molecule has 1 aromatic carbocycles. The minimum atomic E-state index is -0.549. The monoisotopic (exact) mass is 287 g/mol. The molecule has 6 nitrogen and oxygen atoms in total. The molecule has 1 aliphatic carbocycles. The quantitative estimate of drug-likeness (QED) is 0.693. The van der Waals surface area contributed by atoms with Gasteiger partial charge >= 0.3 is 11.4 Å². The summed E-state index contributed by atoms with van der Waals surface area (Å²) in [6.07, 6.45) is 3.50. The molecular formula is C15H13NO5. The molecule has 0 spiro atoms. The van der Waals surface area contributed by atoms with Crippen LogP contribution in [0.2, 0.25) is 0 Å². The van der Waals surface area contributed by atoms with Gasteiger partial charge in [-0.25, -0.2) is 9.59 Å². The van der Waals surface area contributed by atoms with Crippen LogP contribution >= 0.6 is 0 Å². The highest BCUT2D eigenvalue weighted by atomic mass is 16.5. The highest BCUT2D eigenvalue weighted by Gasteiger charge is 2.23. The van der Waals surface area contributed by atoms with Crippen LogP contribution in [-0.4, -0.2) is 12.1 Å². The third kappa shape index (κ3) is 1.65. The van der Waals surface area contributed by atoms with Crippen molar-refractivity contribution in [2.45, 2.75) is 25.7 Å². The molecular weight excluding hydrogens is 274 g/mol. The Morgan fingerprint density at radius 1 is 1.14 bits per heavy atom. The summed E-state index contributed by atoms with van der Waals surface area (Å²) in [6, 6.07) is 1.60. The third-order valence-corrected chi connectivity index (χ3v) is 4.07. The van der Waals surface area contributed by atoms with Gasteiger partial charge in [0.25, 0.3) is 0 Å². The molecule has 0 aliphatic heterocycles. The Morgan fingerprint density at radius 2 is 1.90 bits per heavy atom. The molecule has 0 saturated heterocycles. The Kier molecular flexibility index (Phi) is 2.48. The van der Waals surface area contributed by atoms with Crippen LogP contribution in [0, 0.1) is 0 Å². The number of fused-ring (bicyclic) bond motifs is 5. The molecule has 0 bridgehead atoms. The van der Waals surface area contributed by atoms with E-state index in [-0.39, 0.29) is 5.63 Å². The Bertz CT molecular complexity index is 976. The van der Waals surface area contributed by atoms with Gasteiger partial charge in [0.1, 0.15) is 11.1 Å². The van der Waals surface area contributed by atoms with Gasteiger partial charge < -0.3 is 13.6 Å². The number of nitrogens with one attached hydrogen (secondary N) is 1. The van der Waals surface area contributed by atoms with Crippen LogP contribution in [0.25, 0.3) is 22.1 Å². The van der Waals surface area contributed by atoms with Gasteiger partial charge in [-0.05, 0) is 31.2 Å². The summed E-state index contributed by atoms with van der Waals surface area (Å²) in [5.74, 6) is -0.179. The largest absolute Gasteiger partial charge is 0.493 e. The van der Waals surface area contributed by atoms with Gasteiger partial charge in [0, 0.05) is 17.0 Å². The van der Waals surface area contributed by atoms with E-state index in [1.165, 1.54) is 7.11 Å². The Balaban J connectivity index is 2.27. The number of aromatic amines is 1. The molecule has 2 heterocycles. The van der Waals surface area contributed by atoms with Gasteiger partial charge in [-0.1, -0.05) is 0 Å². The lowest BCUT2D eigenvalue weighted by Crippen LogP contribution is -2.16. The number of aromatic nitrogens is 1. The first kappa shape index (κ1) is 12.3. The standard InChI is InChI=1S/C15H13NO5/c1-19-10-6-9-11(12-13(10)21-15(18)16-12)7-4-2-3-5-8(7)14(17)20-9/h6H,2-5H2,1H3,(H,16,18). The second kappa shape index (κ2) is 4.25. The van der Waals surface area contributed by atoms with Crippen molar-refractivity contribution in [2.24, 2.45) is 0 Å². The van der Waals surface area contributed by atoms with Crippen LogP contribution in [0.15, 0.2) is 24.5 Å². The molecule has 108 valence electrons. The van der Waals surface area contributed by atoms with Crippen LogP contribution in [-0.2, 0) is 12.8 Å². The van der Waals surface area contributed by atoms with Crippen molar-refractivity contribution in [3.63, 3.8) is 0 Å². The lowest BCUT2D eigenvalue weighted by atomic mass is 9.90. The summed E-state index contributed by atoms with van der Waals surface area (Å²) in [7, 11) is 1.48. The van der Waals surface area contributed by atoms with Crippen LogP contribution in [0.3, 0.4) is 0 Å². The van der Waals surface area contributed by atoms with Crippen molar-refractivity contribution >= 4 is 22.1 Å². The van der Waals surface area contributed by atoms with E-state index < -0.39 is 5.76 Å². The topological polar surface area (TPSA) is 85.4 Å². The summed E-state index contributed by atoms with van der Waals surface area (Å²) >= 11 is 0. The van der Waals surface area contributed by atoms with E-state index in [0.717, 1.165) is 30.2 Å². The maximum Gasteiger partial charge on any atom is 0.417 e. The zero-order chi connectivity index (χ0) is 14.6. The molecule has 4 rings (SSSR count). The Hall–Kier alpha value is -2.50. The van der Waals surface area contributed by atoms with Crippen molar-refractivity contribution in [2.75, 3.05) is 7.11 Å². The molecule has 21 heavy (non-hydrogen) atoms. The van der Waals surface area contributed by atoms with E-state index in [2.05, 4.69) is 4.98 Å². The highest BCUT2D eigenvalue weighted by molar-refractivity contribution is 6.05. The van der Waals surface area contributed by atoms with E-state index in [9.17, 15) is 9.59 Å². The third-order valence-electron chi connectivity index (χ3n) is 4.07. The van der Waals surface area contributed by atoms with Crippen LogP contribution < -0.4 is 16.1 Å². The summed E-state index contributed by atoms with van der Waals surface area (Å²) < 4.78 is 15.8. The summed E-state index contributed by atoms with van der Waals surface area (Å²) in [4.78, 5) is 26.4. The fourth-order valence-corrected chi connectivity index (χ4v) is 3.16. The first-order valence-corrected chi connectivity index (χ1v) is 6.87. The van der Waals surface area contributed by atoms with E-state index in [4.69, 9.17) is 13.6 Å². The van der Waals surface area contributed by atoms with E-state index in [1.807, 2.05) is 0 Å². The summed E-state index contributed by atoms with van der Waals surface area (Å²) in [5.41, 5.74) is 2.68. The van der Waals surface area contributed by atoms with E-state index in [1.54, 1.807) is 6.07 Å². The number of methoxy groups -OCH3 is 1. The summed E-state index contributed by atoms with van der Waals surface area (Å²) in [5, 5.41) is 0.756. The van der Waals surface area contributed by atoms with Crippen molar-refractivity contribution in [3.05, 3.63) is 38.2 Å². The molecule has 1 N–H and O–H groups in total. The smallest absolute Gasteiger partial charge is 0.417 e. The minimum Gasteiger partial charge on any atom is -0.493 e. The molecule has 2 aromatic heterocycles. The van der Waals surface area contributed by atoms with Crippen molar-refractivity contribution in [3.8, 4) is 5.75 Å². The number of benzene rings is 1. The maximum absolute atomic E-state index is 12.1. The molecule has 0 atom stereocenters. The van der Waals surface area contributed by atoms with Gasteiger partial charge in [-0.3, -0.25) is 4.98 Å². The van der Waals surface area contributed by atoms with Crippen molar-refractivity contribution < 1.29 is 13.6 Å². The molecule has 0 saturated carbocycles. The minimum absolute atomic E-state index is 0.301. The number of ether oxygens (including phenoxy) is 1. The first-order chi connectivity index (χ1) is 10.2. The number of hydrogen-bond acceptors (Lipinski definition) is 5.